The van der Waals surface area contributed by atoms with Crippen LogP contribution in [0.25, 0.3) is 0 Å². The van der Waals surface area contributed by atoms with Gasteiger partial charge in [0.2, 0.25) is 5.91 Å². The molecule has 2 heterocycles. The van der Waals surface area contributed by atoms with E-state index in [1.807, 2.05) is 0 Å². The Morgan fingerprint density at radius 3 is 2.38 bits per heavy atom. The molecular formula is C22H18F4N6O2. The van der Waals surface area contributed by atoms with Gasteiger partial charge in [-0.15, -0.1) is 0 Å². The van der Waals surface area contributed by atoms with E-state index in [1.165, 1.54) is 37.1 Å². The summed E-state index contributed by atoms with van der Waals surface area (Å²) in [5.41, 5.74) is -1.58. The lowest BCUT2D eigenvalue weighted by Gasteiger charge is -2.17. The second-order valence-corrected chi connectivity index (χ2v) is 7.70. The Balaban J connectivity index is 1.35. The molecule has 0 unspecified atom stereocenters. The van der Waals surface area contributed by atoms with Gasteiger partial charge < -0.3 is 16.0 Å². The zero-order valence-electron chi connectivity index (χ0n) is 17.5. The van der Waals surface area contributed by atoms with Gasteiger partial charge in [-0.3, -0.25) is 14.6 Å². The molecule has 3 N–H and O–H groups in total. The molecule has 3 aromatic rings. The van der Waals surface area contributed by atoms with Crippen LogP contribution in [0.3, 0.4) is 0 Å². The SMILES string of the molecule is O=C(NC1(C(=O)NCc2ccc(Nc3cc(F)ccc3C(F)(F)F)cn2)CC1)c1cncnc1. The quantitative estimate of drug-likeness (QED) is 0.453. The molecule has 0 bridgehead atoms. The lowest BCUT2D eigenvalue weighted by Crippen LogP contribution is -2.48. The molecule has 0 atom stereocenters. The summed E-state index contributed by atoms with van der Waals surface area (Å²) < 4.78 is 52.9. The fourth-order valence-corrected chi connectivity index (χ4v) is 3.21. The number of carbonyl (C=O) groups excluding carboxylic acids is 2. The van der Waals surface area contributed by atoms with Gasteiger partial charge in [-0.05, 0) is 43.2 Å². The molecule has 34 heavy (non-hydrogen) atoms. The molecule has 4 rings (SSSR count). The van der Waals surface area contributed by atoms with Crippen LogP contribution in [0.1, 0.15) is 34.5 Å². The summed E-state index contributed by atoms with van der Waals surface area (Å²) in [7, 11) is 0. The third-order valence-electron chi connectivity index (χ3n) is 5.18. The number of alkyl halides is 3. The largest absolute Gasteiger partial charge is 0.418 e. The van der Waals surface area contributed by atoms with Gasteiger partial charge >= 0.3 is 6.18 Å². The van der Waals surface area contributed by atoms with E-state index in [1.54, 1.807) is 0 Å². The highest BCUT2D eigenvalue weighted by Crippen LogP contribution is 2.37. The van der Waals surface area contributed by atoms with Crippen molar-refractivity contribution < 1.29 is 27.2 Å². The first kappa shape index (κ1) is 23.1. The van der Waals surface area contributed by atoms with E-state index in [2.05, 4.69) is 30.9 Å². The van der Waals surface area contributed by atoms with E-state index in [9.17, 15) is 27.2 Å². The minimum atomic E-state index is -4.66. The zero-order valence-corrected chi connectivity index (χ0v) is 17.5. The number of anilines is 2. The maximum Gasteiger partial charge on any atom is 0.418 e. The number of benzene rings is 1. The van der Waals surface area contributed by atoms with E-state index in [-0.39, 0.29) is 23.7 Å². The van der Waals surface area contributed by atoms with Crippen LogP contribution in [0.15, 0.2) is 55.2 Å². The minimum absolute atomic E-state index is 0.0406. The van der Waals surface area contributed by atoms with Crippen molar-refractivity contribution >= 4 is 23.2 Å². The maximum atomic E-state index is 13.5. The standard InChI is InChI=1S/C22H18F4N6O2/c23-14-1-4-17(22(24,25)26)18(7-14)31-16-3-2-15(29-11-16)10-30-20(34)21(5-6-21)32-19(33)13-8-27-12-28-9-13/h1-4,7-9,11-12,31H,5-6,10H2,(H,30,34)(H,32,33). The van der Waals surface area contributed by atoms with E-state index in [4.69, 9.17) is 0 Å². The monoisotopic (exact) mass is 474 g/mol. The summed E-state index contributed by atoms with van der Waals surface area (Å²) in [4.78, 5) is 36.5. The molecule has 1 aliphatic rings. The molecule has 2 aromatic heterocycles. The van der Waals surface area contributed by atoms with Crippen molar-refractivity contribution in [2.24, 2.45) is 0 Å². The summed E-state index contributed by atoms with van der Waals surface area (Å²) in [6.07, 6.45) is 1.55. The highest BCUT2D eigenvalue weighted by molar-refractivity contribution is 6.00. The van der Waals surface area contributed by atoms with Crippen LogP contribution in [-0.2, 0) is 17.5 Å². The molecule has 8 nitrogen and oxygen atoms in total. The van der Waals surface area contributed by atoms with Gasteiger partial charge in [-0.1, -0.05) is 0 Å². The Hall–Kier alpha value is -4.09. The number of nitrogens with one attached hydrogen (secondary N) is 3. The lowest BCUT2D eigenvalue weighted by molar-refractivity contribution is -0.137. The lowest BCUT2D eigenvalue weighted by atomic mass is 10.1. The number of aromatic nitrogens is 3. The minimum Gasteiger partial charge on any atom is -0.354 e. The molecule has 1 aliphatic carbocycles. The second-order valence-electron chi connectivity index (χ2n) is 7.70. The average molecular weight is 474 g/mol. The highest BCUT2D eigenvalue weighted by Gasteiger charge is 2.51. The van der Waals surface area contributed by atoms with Crippen molar-refractivity contribution in [1.29, 1.82) is 0 Å². The molecule has 2 amide bonds. The van der Waals surface area contributed by atoms with Crippen molar-refractivity contribution in [2.75, 3.05) is 5.32 Å². The highest BCUT2D eigenvalue weighted by atomic mass is 19.4. The number of carbonyl (C=O) groups is 2. The van der Waals surface area contributed by atoms with Crippen molar-refractivity contribution in [2.45, 2.75) is 31.1 Å². The van der Waals surface area contributed by atoms with E-state index in [0.717, 1.165) is 12.1 Å². The van der Waals surface area contributed by atoms with Gasteiger partial charge in [-0.25, -0.2) is 14.4 Å². The molecular weight excluding hydrogens is 456 g/mol. The van der Waals surface area contributed by atoms with Crippen molar-refractivity contribution in [3.05, 3.63) is 77.9 Å². The fourth-order valence-electron chi connectivity index (χ4n) is 3.21. The molecule has 0 saturated heterocycles. The smallest absolute Gasteiger partial charge is 0.354 e. The van der Waals surface area contributed by atoms with Crippen LogP contribution < -0.4 is 16.0 Å². The van der Waals surface area contributed by atoms with Gasteiger partial charge in [0.25, 0.3) is 5.91 Å². The number of pyridine rings is 1. The van der Waals surface area contributed by atoms with Crippen LogP contribution in [-0.4, -0.2) is 32.3 Å². The number of halogens is 4. The van der Waals surface area contributed by atoms with E-state index in [0.29, 0.717) is 24.6 Å². The van der Waals surface area contributed by atoms with Crippen LogP contribution in [0.2, 0.25) is 0 Å². The third kappa shape index (κ3) is 5.27. The third-order valence-corrected chi connectivity index (χ3v) is 5.18. The molecule has 0 aliphatic heterocycles. The van der Waals surface area contributed by atoms with Gasteiger partial charge in [0.15, 0.2) is 0 Å². The van der Waals surface area contributed by atoms with Crippen LogP contribution in [0.5, 0.6) is 0 Å². The van der Waals surface area contributed by atoms with Crippen LogP contribution in [0, 0.1) is 5.82 Å². The molecule has 12 heteroatoms. The summed E-state index contributed by atoms with van der Waals surface area (Å²) in [5.74, 6) is -1.66. The van der Waals surface area contributed by atoms with E-state index < -0.39 is 34.7 Å². The predicted molar refractivity (Wildman–Crippen MR) is 112 cm³/mol. The van der Waals surface area contributed by atoms with Gasteiger partial charge in [0.05, 0.1) is 40.9 Å². The Bertz CT molecular complexity index is 1200. The first-order valence-corrected chi connectivity index (χ1v) is 10.1. The number of nitrogens with zero attached hydrogens (tertiary/aromatic N) is 3. The molecule has 0 spiro atoms. The second kappa shape index (κ2) is 9.04. The summed E-state index contributed by atoms with van der Waals surface area (Å²) in [5, 5.41) is 7.91. The predicted octanol–water partition coefficient (Wildman–Crippen LogP) is 3.35. The Morgan fingerprint density at radius 2 is 1.76 bits per heavy atom. The summed E-state index contributed by atoms with van der Waals surface area (Å²) in [6.45, 7) is 0.0406. The molecule has 1 fully saturated rings. The Kier molecular flexibility index (Phi) is 6.14. The summed E-state index contributed by atoms with van der Waals surface area (Å²) in [6, 6.07) is 5.12. The molecule has 1 saturated carbocycles. The van der Waals surface area contributed by atoms with Crippen molar-refractivity contribution in [1.82, 2.24) is 25.6 Å². The van der Waals surface area contributed by atoms with Crippen LogP contribution in [0.4, 0.5) is 28.9 Å². The molecule has 176 valence electrons. The fraction of sp³-hybridized carbons (Fsp3) is 0.227. The van der Waals surface area contributed by atoms with Gasteiger partial charge in [0.1, 0.15) is 17.7 Å². The van der Waals surface area contributed by atoms with Crippen molar-refractivity contribution in [3.63, 3.8) is 0 Å². The van der Waals surface area contributed by atoms with Crippen molar-refractivity contribution in [3.8, 4) is 0 Å². The maximum absolute atomic E-state index is 13.5. The number of amides is 2. The van der Waals surface area contributed by atoms with Crippen LogP contribution >= 0.6 is 0 Å². The first-order valence-electron chi connectivity index (χ1n) is 10.1. The average Bonchev–Trinajstić information content (AvgIpc) is 3.59. The summed E-state index contributed by atoms with van der Waals surface area (Å²) >= 11 is 0. The Labute approximate surface area is 190 Å². The first-order chi connectivity index (χ1) is 16.2. The van der Waals surface area contributed by atoms with E-state index >= 15 is 0 Å². The number of hydrogen-bond donors (Lipinski definition) is 3. The number of hydrogen-bond acceptors (Lipinski definition) is 6. The zero-order chi connectivity index (χ0) is 24.3. The number of rotatable bonds is 7. The normalized spacial score (nSPS) is 14.2. The molecule has 1 aromatic carbocycles. The topological polar surface area (TPSA) is 109 Å². The van der Waals surface area contributed by atoms with Gasteiger partial charge in [0, 0.05) is 12.4 Å². The van der Waals surface area contributed by atoms with Gasteiger partial charge in [-0.2, -0.15) is 13.2 Å². The molecule has 0 radical (unpaired) electrons. The Morgan fingerprint density at radius 1 is 1.03 bits per heavy atom.